The van der Waals surface area contributed by atoms with Gasteiger partial charge in [-0.05, 0) is 39.9 Å². The molecule has 0 aromatic heterocycles. The van der Waals surface area contributed by atoms with Gasteiger partial charge in [0.1, 0.15) is 64.4 Å². The zero-order valence-electron chi connectivity index (χ0n) is 42.5. The summed E-state index contributed by atoms with van der Waals surface area (Å²) in [6.07, 6.45) is -3.90. The van der Waals surface area contributed by atoms with E-state index in [1.165, 1.54) is 0 Å². The number of alkyl carbamates (subject to hydrolysis) is 6. The fourth-order valence-corrected chi connectivity index (χ4v) is 4.48. The Morgan fingerprint density at radius 3 is 0.970 bits per heavy atom. The predicted molar refractivity (Wildman–Crippen MR) is 246 cm³/mol. The number of ether oxygens (including phenoxy) is 8. The minimum absolute atomic E-state index is 0.0514. The molecule has 0 saturated carbocycles. The Balaban J connectivity index is 5.94. The van der Waals surface area contributed by atoms with Gasteiger partial charge in [0.25, 0.3) is 0 Å². The van der Waals surface area contributed by atoms with Crippen molar-refractivity contribution >= 4 is 42.5 Å². The van der Waals surface area contributed by atoms with Crippen LogP contribution < -0.4 is 31.9 Å². The Hall–Kier alpha value is -4.95. The molecule has 0 heterocycles. The Morgan fingerprint density at radius 2 is 0.652 bits per heavy atom. The highest BCUT2D eigenvalue weighted by atomic mass is 16.6. The van der Waals surface area contributed by atoms with E-state index in [4.69, 9.17) is 37.9 Å². The second kappa shape index (κ2) is 29.6. The second-order valence-electron chi connectivity index (χ2n) is 22.1. The summed E-state index contributed by atoms with van der Waals surface area (Å²) < 4.78 is 42.7. The quantitative estimate of drug-likeness (QED) is 0.0328. The van der Waals surface area contributed by atoms with Crippen LogP contribution in [0, 0.1) is 27.1 Å². The maximum Gasteiger partial charge on any atom is 0.407 e. The molecular formula is C45H84N6O15. The van der Waals surface area contributed by atoms with E-state index in [0.717, 1.165) is 6.42 Å². The number of hydrogen-bond acceptors (Lipinski definition) is 15. The lowest BCUT2D eigenvalue weighted by atomic mass is 9.91. The van der Waals surface area contributed by atoms with Crippen LogP contribution in [0.4, 0.5) is 28.8 Å². The van der Waals surface area contributed by atoms with Gasteiger partial charge in [0.15, 0.2) is 0 Å². The van der Waals surface area contributed by atoms with Crippen LogP contribution in [0.15, 0.2) is 0 Å². The molecule has 0 radical (unpaired) electrons. The van der Waals surface area contributed by atoms with Crippen LogP contribution in [0.5, 0.6) is 0 Å². The summed E-state index contributed by atoms with van der Waals surface area (Å²) in [5.41, 5.74) is -0.792. The fourth-order valence-electron chi connectivity index (χ4n) is 4.48. The second-order valence-corrected chi connectivity index (χ2v) is 22.1. The monoisotopic (exact) mass is 949 g/mol. The minimum Gasteiger partial charge on any atom is -0.463 e. The molecule has 0 aromatic carbocycles. The Bertz CT molecular complexity index is 1340. The molecule has 0 bridgehead atoms. The van der Waals surface area contributed by atoms with Crippen LogP contribution in [0.25, 0.3) is 0 Å². The van der Waals surface area contributed by atoms with Crippen molar-refractivity contribution in [2.75, 3.05) is 79.1 Å². The SMILES string of the molecule is CC(C)(C)CCOCCOC(=O)NC(COC(=O)NC(COC(=O)CCC(C)(C)C)COC(=O)NCC(C)(C)C)COC(=O)NC(COC(=O)NCC(C)(C)C)COC(=O)NCC(C)(C)C. The number of esters is 1. The summed E-state index contributed by atoms with van der Waals surface area (Å²) in [4.78, 5) is 88.8. The average Bonchev–Trinajstić information content (AvgIpc) is 3.17. The van der Waals surface area contributed by atoms with Gasteiger partial charge in [0, 0.05) is 32.7 Å². The summed E-state index contributed by atoms with van der Waals surface area (Å²) in [6, 6.07) is -3.31. The highest BCUT2D eigenvalue weighted by molar-refractivity contribution is 5.71. The van der Waals surface area contributed by atoms with Gasteiger partial charge in [-0.1, -0.05) is 104 Å². The lowest BCUT2D eigenvalue weighted by Crippen LogP contribution is -2.48. The molecule has 6 amide bonds. The van der Waals surface area contributed by atoms with Crippen molar-refractivity contribution in [2.45, 2.75) is 141 Å². The molecule has 6 N–H and O–H groups in total. The van der Waals surface area contributed by atoms with Gasteiger partial charge in [-0.15, -0.1) is 0 Å². The largest absolute Gasteiger partial charge is 0.463 e. The molecular weight excluding hydrogens is 865 g/mol. The van der Waals surface area contributed by atoms with Gasteiger partial charge in [-0.3, -0.25) is 4.79 Å². The summed E-state index contributed by atoms with van der Waals surface area (Å²) >= 11 is 0. The van der Waals surface area contributed by atoms with E-state index >= 15 is 0 Å². The average molecular weight is 949 g/mol. The molecule has 2 atom stereocenters. The number of carbonyl (C=O) groups excluding carboxylic acids is 7. The zero-order valence-corrected chi connectivity index (χ0v) is 42.5. The van der Waals surface area contributed by atoms with E-state index in [1.54, 1.807) is 0 Å². The number of amides is 6. The molecule has 66 heavy (non-hydrogen) atoms. The molecule has 0 aliphatic rings. The van der Waals surface area contributed by atoms with E-state index in [0.29, 0.717) is 32.7 Å². The fraction of sp³-hybridized carbons (Fsp3) is 0.844. The summed E-state index contributed by atoms with van der Waals surface area (Å²) in [5.74, 6) is -0.520. The van der Waals surface area contributed by atoms with Gasteiger partial charge in [0.2, 0.25) is 0 Å². The van der Waals surface area contributed by atoms with Gasteiger partial charge < -0.3 is 69.8 Å². The third-order valence-corrected chi connectivity index (χ3v) is 8.32. The summed E-state index contributed by atoms with van der Waals surface area (Å²) in [5, 5.41) is 15.3. The number of nitrogens with one attached hydrogen (secondary N) is 6. The van der Waals surface area contributed by atoms with Crippen molar-refractivity contribution in [1.29, 1.82) is 0 Å². The smallest absolute Gasteiger partial charge is 0.407 e. The molecule has 384 valence electrons. The van der Waals surface area contributed by atoms with Crippen molar-refractivity contribution in [1.82, 2.24) is 31.9 Å². The summed E-state index contributed by atoms with van der Waals surface area (Å²) in [7, 11) is 0. The molecule has 0 spiro atoms. The molecule has 0 saturated heterocycles. The lowest BCUT2D eigenvalue weighted by molar-refractivity contribution is -0.145. The van der Waals surface area contributed by atoms with Crippen LogP contribution in [0.1, 0.15) is 123 Å². The van der Waals surface area contributed by atoms with Crippen LogP contribution in [0.2, 0.25) is 0 Å². The first-order chi connectivity index (χ1) is 30.2. The number of carbonyl (C=O) groups is 7. The van der Waals surface area contributed by atoms with E-state index < -0.39 is 93.7 Å². The zero-order chi connectivity index (χ0) is 50.8. The standard InChI is InChI=1S/C45H84N6O15/c1-41(2,3)17-16-34(52)61-22-31(23-62-35(53)46-28-43(7,8)9)50-39(57)65-26-33(49-38(56)60-21-20-59-19-18-42(4,5)6)27-66-40(58)51-32(24-63-36(54)47-29-44(10,11)12)25-64-37(55)48-30-45(13,14)15/h31-33H,16-30H2,1-15H3,(H,46,53)(H,47,54)(H,48,55)(H,49,56)(H,50,57)(H,51,58). The van der Waals surface area contributed by atoms with E-state index in [2.05, 4.69) is 52.7 Å². The van der Waals surface area contributed by atoms with E-state index in [-0.39, 0.29) is 53.3 Å². The van der Waals surface area contributed by atoms with Gasteiger partial charge in [0.05, 0.1) is 6.61 Å². The highest BCUT2D eigenvalue weighted by Crippen LogP contribution is 2.21. The maximum absolute atomic E-state index is 13.1. The van der Waals surface area contributed by atoms with Gasteiger partial charge in [-0.25, -0.2) is 28.8 Å². The molecule has 0 aliphatic heterocycles. The van der Waals surface area contributed by atoms with Crippen LogP contribution in [-0.4, -0.2) is 140 Å². The topological polar surface area (TPSA) is 266 Å². The van der Waals surface area contributed by atoms with Crippen molar-refractivity contribution in [3.8, 4) is 0 Å². The normalized spacial score (nSPS) is 13.0. The minimum atomic E-state index is -1.19. The van der Waals surface area contributed by atoms with E-state index in [1.807, 2.05) is 83.1 Å². The van der Waals surface area contributed by atoms with Crippen molar-refractivity contribution in [3.05, 3.63) is 0 Å². The highest BCUT2D eigenvalue weighted by Gasteiger charge is 2.25. The molecule has 0 aromatic rings. The summed E-state index contributed by atoms with van der Waals surface area (Å²) in [6.45, 7) is 28.0. The molecule has 0 aliphatic carbocycles. The molecule has 0 fully saturated rings. The lowest BCUT2D eigenvalue weighted by Gasteiger charge is -2.23. The van der Waals surface area contributed by atoms with Crippen LogP contribution >= 0.6 is 0 Å². The molecule has 2 unspecified atom stereocenters. The maximum atomic E-state index is 13.1. The van der Waals surface area contributed by atoms with Crippen LogP contribution in [-0.2, 0) is 42.7 Å². The molecule has 0 rings (SSSR count). The predicted octanol–water partition coefficient (Wildman–Crippen LogP) is 6.41. The van der Waals surface area contributed by atoms with E-state index in [9.17, 15) is 33.6 Å². The first-order valence-electron chi connectivity index (χ1n) is 22.5. The molecule has 21 nitrogen and oxygen atoms in total. The van der Waals surface area contributed by atoms with Crippen molar-refractivity contribution in [3.63, 3.8) is 0 Å². The third-order valence-electron chi connectivity index (χ3n) is 8.32. The van der Waals surface area contributed by atoms with Crippen molar-refractivity contribution in [2.24, 2.45) is 27.1 Å². The number of hydrogen-bond donors (Lipinski definition) is 6. The van der Waals surface area contributed by atoms with Gasteiger partial charge in [-0.2, -0.15) is 0 Å². The van der Waals surface area contributed by atoms with Crippen molar-refractivity contribution < 1.29 is 71.5 Å². The third kappa shape index (κ3) is 39.4. The first kappa shape index (κ1) is 61.0. The Labute approximate surface area is 392 Å². The first-order valence-corrected chi connectivity index (χ1v) is 22.5. The molecule has 21 heteroatoms. The number of rotatable bonds is 25. The van der Waals surface area contributed by atoms with Gasteiger partial charge >= 0.3 is 42.5 Å². The van der Waals surface area contributed by atoms with Crippen LogP contribution in [0.3, 0.4) is 0 Å². The Morgan fingerprint density at radius 1 is 0.348 bits per heavy atom. The Kier molecular flexibility index (Phi) is 27.4.